The zero-order valence-electron chi connectivity index (χ0n) is 9.32. The lowest BCUT2D eigenvalue weighted by molar-refractivity contribution is -0.136. The highest BCUT2D eigenvalue weighted by atomic mass is 16.5. The van der Waals surface area contributed by atoms with Gasteiger partial charge in [0.05, 0.1) is 12.1 Å². The third kappa shape index (κ3) is 1.43. The number of fused-ring (bicyclic) bond motifs is 3. The lowest BCUT2D eigenvalue weighted by atomic mass is 10.0. The Labute approximate surface area is 94.8 Å². The van der Waals surface area contributed by atoms with Gasteiger partial charge in [0, 0.05) is 6.42 Å². The van der Waals surface area contributed by atoms with Crippen molar-refractivity contribution in [2.24, 2.45) is 0 Å². The second kappa shape index (κ2) is 3.59. The van der Waals surface area contributed by atoms with E-state index < -0.39 is 0 Å². The molecule has 84 valence electrons. The summed E-state index contributed by atoms with van der Waals surface area (Å²) in [5.74, 6) is -0.00370. The highest BCUT2D eigenvalue weighted by molar-refractivity contribution is 5.79. The predicted octanol–water partition coefficient (Wildman–Crippen LogP) is 1.36. The van der Waals surface area contributed by atoms with Crippen LogP contribution < -0.4 is 5.32 Å². The minimum atomic E-state index is -0.00370. The largest absolute Gasteiger partial charge is 0.366 e. The second-order valence-corrected chi connectivity index (χ2v) is 4.49. The first-order chi connectivity index (χ1) is 7.78. The quantitative estimate of drug-likeness (QED) is 0.771. The summed E-state index contributed by atoms with van der Waals surface area (Å²) < 4.78 is 5.56. The number of morpholine rings is 1. The monoisotopic (exact) mass is 217 g/mol. The molecule has 3 rings (SSSR count). The smallest absolute Gasteiger partial charge is 0.246 e. The fourth-order valence-corrected chi connectivity index (χ4v) is 2.60. The predicted molar refractivity (Wildman–Crippen MR) is 60.1 cm³/mol. The molecule has 2 atom stereocenters. The summed E-state index contributed by atoms with van der Waals surface area (Å²) >= 11 is 0. The van der Waals surface area contributed by atoms with Gasteiger partial charge in [0.25, 0.3) is 0 Å². The molecule has 0 radical (unpaired) electrons. The Bertz CT molecular complexity index is 442. The van der Waals surface area contributed by atoms with Gasteiger partial charge < -0.3 is 10.1 Å². The third-order valence-corrected chi connectivity index (χ3v) is 3.49. The van der Waals surface area contributed by atoms with Gasteiger partial charge in [-0.1, -0.05) is 25.1 Å². The molecule has 1 heterocycles. The standard InChI is InChI=1S/C13H15NO2/c1-2-8-3-4-9-6-11-13(10(9)5-8)14-12(15)7-16-11/h3-5,11,13H,2,6-7H2,1H3,(H,14,15)/t11-,13+/m0/s1. The summed E-state index contributed by atoms with van der Waals surface area (Å²) in [4.78, 5) is 11.3. The van der Waals surface area contributed by atoms with Gasteiger partial charge in [-0.15, -0.1) is 0 Å². The molecule has 1 aromatic carbocycles. The van der Waals surface area contributed by atoms with E-state index in [2.05, 4.69) is 30.4 Å². The number of hydrogen-bond donors (Lipinski definition) is 1. The van der Waals surface area contributed by atoms with Gasteiger partial charge in [-0.25, -0.2) is 0 Å². The van der Waals surface area contributed by atoms with E-state index in [0.717, 1.165) is 12.8 Å². The van der Waals surface area contributed by atoms with Crippen LogP contribution in [0.2, 0.25) is 0 Å². The SMILES string of the molecule is CCc1ccc2c(c1)[C@H]1NC(=O)CO[C@H]1C2. The highest BCUT2D eigenvalue weighted by Gasteiger charge is 2.37. The van der Waals surface area contributed by atoms with Crippen LogP contribution in [0.1, 0.15) is 29.7 Å². The van der Waals surface area contributed by atoms with E-state index in [1.165, 1.54) is 16.7 Å². The maximum absolute atomic E-state index is 11.3. The lowest BCUT2D eigenvalue weighted by Crippen LogP contribution is -2.43. The molecule has 1 aromatic rings. The van der Waals surface area contributed by atoms with Crippen molar-refractivity contribution in [1.82, 2.24) is 5.32 Å². The first-order valence-corrected chi connectivity index (χ1v) is 5.80. The van der Waals surface area contributed by atoms with Gasteiger partial charge in [0.15, 0.2) is 0 Å². The van der Waals surface area contributed by atoms with Crippen molar-refractivity contribution in [3.05, 3.63) is 34.9 Å². The Balaban J connectivity index is 1.98. The molecule has 0 saturated carbocycles. The summed E-state index contributed by atoms with van der Waals surface area (Å²) in [5.41, 5.74) is 3.88. The summed E-state index contributed by atoms with van der Waals surface area (Å²) in [6.07, 6.45) is 2.09. The van der Waals surface area contributed by atoms with Crippen molar-refractivity contribution < 1.29 is 9.53 Å². The zero-order chi connectivity index (χ0) is 11.1. The Hall–Kier alpha value is -1.35. The van der Waals surface area contributed by atoms with Crippen LogP contribution in [0.4, 0.5) is 0 Å². The number of carbonyl (C=O) groups is 1. The minimum Gasteiger partial charge on any atom is -0.366 e. The van der Waals surface area contributed by atoms with E-state index >= 15 is 0 Å². The molecule has 1 aliphatic heterocycles. The lowest BCUT2D eigenvalue weighted by Gasteiger charge is -2.27. The highest BCUT2D eigenvalue weighted by Crippen LogP contribution is 2.35. The van der Waals surface area contributed by atoms with Crippen molar-refractivity contribution in [3.63, 3.8) is 0 Å². The topological polar surface area (TPSA) is 38.3 Å². The number of benzene rings is 1. The molecule has 1 amide bonds. The van der Waals surface area contributed by atoms with Crippen LogP contribution >= 0.6 is 0 Å². The summed E-state index contributed by atoms with van der Waals surface area (Å²) in [6.45, 7) is 2.35. The molecule has 1 N–H and O–H groups in total. The maximum Gasteiger partial charge on any atom is 0.246 e. The normalized spacial score (nSPS) is 27.2. The van der Waals surface area contributed by atoms with E-state index in [9.17, 15) is 4.79 Å². The molecular weight excluding hydrogens is 202 g/mol. The van der Waals surface area contributed by atoms with Crippen LogP contribution in [0.5, 0.6) is 0 Å². The van der Waals surface area contributed by atoms with Crippen molar-refractivity contribution >= 4 is 5.91 Å². The summed E-state index contributed by atoms with van der Waals surface area (Å²) in [7, 11) is 0. The van der Waals surface area contributed by atoms with E-state index in [-0.39, 0.29) is 24.7 Å². The molecule has 2 aliphatic rings. The first-order valence-electron chi connectivity index (χ1n) is 5.80. The van der Waals surface area contributed by atoms with Crippen molar-refractivity contribution in [3.8, 4) is 0 Å². The molecule has 0 bridgehead atoms. The van der Waals surface area contributed by atoms with E-state index in [4.69, 9.17) is 4.74 Å². The molecule has 0 spiro atoms. The number of nitrogens with one attached hydrogen (secondary N) is 1. The van der Waals surface area contributed by atoms with Crippen LogP contribution in [0.25, 0.3) is 0 Å². The summed E-state index contributed by atoms with van der Waals surface area (Å²) in [6, 6.07) is 6.61. The van der Waals surface area contributed by atoms with Crippen molar-refractivity contribution in [1.29, 1.82) is 0 Å². The zero-order valence-corrected chi connectivity index (χ0v) is 9.32. The van der Waals surface area contributed by atoms with Gasteiger partial charge in [0.2, 0.25) is 5.91 Å². The van der Waals surface area contributed by atoms with Crippen LogP contribution in [0, 0.1) is 0 Å². The molecule has 16 heavy (non-hydrogen) atoms. The van der Waals surface area contributed by atoms with Crippen LogP contribution in [-0.4, -0.2) is 18.6 Å². The molecular formula is C13H15NO2. The number of amides is 1. The average molecular weight is 217 g/mol. The van der Waals surface area contributed by atoms with Crippen molar-refractivity contribution in [2.45, 2.75) is 31.9 Å². The molecule has 1 fully saturated rings. The molecule has 3 heteroatoms. The average Bonchev–Trinajstić information content (AvgIpc) is 2.66. The molecule has 0 aromatic heterocycles. The second-order valence-electron chi connectivity index (χ2n) is 4.49. The number of ether oxygens (including phenoxy) is 1. The first kappa shape index (κ1) is 9.85. The number of aryl methyl sites for hydroxylation is 1. The van der Waals surface area contributed by atoms with E-state index in [1.54, 1.807) is 0 Å². The van der Waals surface area contributed by atoms with Crippen LogP contribution in [0.15, 0.2) is 18.2 Å². The van der Waals surface area contributed by atoms with Crippen molar-refractivity contribution in [2.75, 3.05) is 6.61 Å². The fraction of sp³-hybridized carbons (Fsp3) is 0.462. The molecule has 1 aliphatic carbocycles. The van der Waals surface area contributed by atoms with Gasteiger partial charge in [0.1, 0.15) is 6.61 Å². The third-order valence-electron chi connectivity index (χ3n) is 3.49. The van der Waals surface area contributed by atoms with Gasteiger partial charge in [-0.05, 0) is 23.1 Å². The Kier molecular flexibility index (Phi) is 2.21. The Morgan fingerprint density at radius 3 is 3.19 bits per heavy atom. The number of hydrogen-bond acceptors (Lipinski definition) is 2. The van der Waals surface area contributed by atoms with Crippen LogP contribution in [0.3, 0.4) is 0 Å². The Morgan fingerprint density at radius 1 is 1.50 bits per heavy atom. The van der Waals surface area contributed by atoms with Gasteiger partial charge >= 0.3 is 0 Å². The van der Waals surface area contributed by atoms with Gasteiger partial charge in [-0.2, -0.15) is 0 Å². The fourth-order valence-electron chi connectivity index (χ4n) is 2.60. The molecule has 1 saturated heterocycles. The maximum atomic E-state index is 11.3. The van der Waals surface area contributed by atoms with Crippen LogP contribution in [-0.2, 0) is 22.4 Å². The van der Waals surface area contributed by atoms with E-state index in [0.29, 0.717) is 0 Å². The van der Waals surface area contributed by atoms with Gasteiger partial charge in [-0.3, -0.25) is 4.79 Å². The summed E-state index contributed by atoms with van der Waals surface area (Å²) in [5, 5.41) is 3.02. The minimum absolute atomic E-state index is 0.00370. The number of carbonyl (C=O) groups excluding carboxylic acids is 1. The Morgan fingerprint density at radius 2 is 2.38 bits per heavy atom. The molecule has 0 unspecified atom stereocenters. The molecule has 3 nitrogen and oxygen atoms in total. The number of rotatable bonds is 1. The van der Waals surface area contributed by atoms with E-state index in [1.807, 2.05) is 0 Å².